The fourth-order valence-corrected chi connectivity index (χ4v) is 3.04. The van der Waals surface area contributed by atoms with Crippen LogP contribution in [0.3, 0.4) is 0 Å². The number of hydrogen-bond acceptors (Lipinski definition) is 4. The number of hydrogen-bond donors (Lipinski definition) is 1. The molecule has 5 heteroatoms. The van der Waals surface area contributed by atoms with Crippen LogP contribution < -0.4 is 0 Å². The second-order valence-electron chi connectivity index (χ2n) is 4.46. The quantitative estimate of drug-likeness (QED) is 0.749. The summed E-state index contributed by atoms with van der Waals surface area (Å²) in [6.45, 7) is 2.13. The Morgan fingerprint density at radius 2 is 2.10 bits per heavy atom. The minimum atomic E-state index is 0.137. The Labute approximate surface area is 121 Å². The third-order valence-corrected chi connectivity index (χ3v) is 4.08. The highest BCUT2D eigenvalue weighted by Crippen LogP contribution is 2.32. The highest BCUT2D eigenvalue weighted by Gasteiger charge is 2.14. The van der Waals surface area contributed by atoms with Gasteiger partial charge in [-0.3, -0.25) is 0 Å². The Morgan fingerprint density at radius 3 is 2.90 bits per heavy atom. The van der Waals surface area contributed by atoms with Crippen molar-refractivity contribution < 1.29 is 5.11 Å². The minimum absolute atomic E-state index is 0.137. The summed E-state index contributed by atoms with van der Waals surface area (Å²) in [5.74, 6) is 2.02. The standard InChI is InChI=1S/C15H15N3OS/c1-3-20-13-7-5-4-6-11(13)14-17-12-8-10(19)9-16-15(12)18(14)2/h4-9,19H,3H2,1-2H3. The molecule has 0 spiro atoms. The molecular weight excluding hydrogens is 270 g/mol. The number of nitrogens with zero attached hydrogens (tertiary/aromatic N) is 3. The molecule has 0 unspecified atom stereocenters. The molecule has 0 fully saturated rings. The molecule has 102 valence electrons. The van der Waals surface area contributed by atoms with Gasteiger partial charge in [-0.1, -0.05) is 25.1 Å². The van der Waals surface area contributed by atoms with Gasteiger partial charge in [0.2, 0.25) is 0 Å². The lowest BCUT2D eigenvalue weighted by atomic mass is 10.2. The van der Waals surface area contributed by atoms with Crippen molar-refractivity contribution in [3.05, 3.63) is 36.5 Å². The molecule has 0 atom stereocenters. The van der Waals surface area contributed by atoms with Crippen LogP contribution in [0.5, 0.6) is 5.75 Å². The van der Waals surface area contributed by atoms with Crippen molar-refractivity contribution in [3.8, 4) is 17.1 Å². The zero-order valence-electron chi connectivity index (χ0n) is 11.4. The van der Waals surface area contributed by atoms with Gasteiger partial charge in [-0.15, -0.1) is 11.8 Å². The maximum atomic E-state index is 9.52. The van der Waals surface area contributed by atoms with Gasteiger partial charge in [0.05, 0.1) is 6.20 Å². The molecule has 0 amide bonds. The molecule has 20 heavy (non-hydrogen) atoms. The predicted molar refractivity (Wildman–Crippen MR) is 82.0 cm³/mol. The summed E-state index contributed by atoms with van der Waals surface area (Å²) in [4.78, 5) is 10.1. The van der Waals surface area contributed by atoms with E-state index in [4.69, 9.17) is 0 Å². The Kier molecular flexibility index (Phi) is 3.36. The van der Waals surface area contributed by atoms with Crippen LogP contribution in [0.4, 0.5) is 0 Å². The van der Waals surface area contributed by atoms with Crippen LogP contribution in [0.1, 0.15) is 6.92 Å². The first-order valence-corrected chi connectivity index (χ1v) is 7.43. The van der Waals surface area contributed by atoms with Crippen molar-refractivity contribution >= 4 is 22.9 Å². The molecule has 0 aliphatic rings. The molecule has 2 aromatic heterocycles. The second kappa shape index (κ2) is 5.17. The second-order valence-corrected chi connectivity index (χ2v) is 5.77. The molecule has 3 rings (SSSR count). The zero-order chi connectivity index (χ0) is 14.1. The van der Waals surface area contributed by atoms with Crippen LogP contribution in [0.2, 0.25) is 0 Å². The highest BCUT2D eigenvalue weighted by molar-refractivity contribution is 7.99. The molecule has 1 N–H and O–H groups in total. The third kappa shape index (κ3) is 2.14. The summed E-state index contributed by atoms with van der Waals surface area (Å²) in [5, 5.41) is 9.52. The first-order valence-electron chi connectivity index (χ1n) is 6.44. The fraction of sp³-hybridized carbons (Fsp3) is 0.200. The van der Waals surface area contributed by atoms with E-state index < -0.39 is 0 Å². The SMILES string of the molecule is CCSc1ccccc1-c1nc2cc(O)cnc2n1C. The molecule has 1 aromatic carbocycles. The number of aromatic hydroxyl groups is 1. The van der Waals surface area contributed by atoms with E-state index in [1.807, 2.05) is 23.7 Å². The molecule has 3 aromatic rings. The molecule has 0 aliphatic heterocycles. The van der Waals surface area contributed by atoms with Crippen LogP contribution in [0.25, 0.3) is 22.6 Å². The molecule has 0 saturated heterocycles. The summed E-state index contributed by atoms with van der Waals surface area (Å²) < 4.78 is 1.96. The Hall–Kier alpha value is -2.01. The normalized spacial score (nSPS) is 11.1. The van der Waals surface area contributed by atoms with Gasteiger partial charge in [0.25, 0.3) is 0 Å². The van der Waals surface area contributed by atoms with E-state index >= 15 is 0 Å². The number of pyridine rings is 1. The van der Waals surface area contributed by atoms with Crippen molar-refractivity contribution in [2.75, 3.05) is 5.75 Å². The van der Waals surface area contributed by atoms with Gasteiger partial charge in [0.1, 0.15) is 17.1 Å². The largest absolute Gasteiger partial charge is 0.506 e. The van der Waals surface area contributed by atoms with Crippen molar-refractivity contribution in [3.63, 3.8) is 0 Å². The highest BCUT2D eigenvalue weighted by atomic mass is 32.2. The van der Waals surface area contributed by atoms with Crippen molar-refractivity contribution in [1.82, 2.24) is 14.5 Å². The van der Waals surface area contributed by atoms with Gasteiger partial charge in [0, 0.05) is 23.6 Å². The Morgan fingerprint density at radius 1 is 1.30 bits per heavy atom. The summed E-state index contributed by atoms with van der Waals surface area (Å²) in [6, 6.07) is 9.86. The van der Waals surface area contributed by atoms with Gasteiger partial charge in [-0.25, -0.2) is 9.97 Å². The van der Waals surface area contributed by atoms with Crippen molar-refractivity contribution in [1.29, 1.82) is 0 Å². The summed E-state index contributed by atoms with van der Waals surface area (Å²) in [5.41, 5.74) is 2.58. The lowest BCUT2D eigenvalue weighted by Gasteiger charge is -2.07. The van der Waals surface area contributed by atoms with E-state index in [9.17, 15) is 5.11 Å². The first-order chi connectivity index (χ1) is 9.70. The number of aryl methyl sites for hydroxylation is 1. The summed E-state index contributed by atoms with van der Waals surface area (Å²) in [7, 11) is 1.95. The van der Waals surface area contributed by atoms with Crippen LogP contribution in [-0.2, 0) is 7.05 Å². The van der Waals surface area contributed by atoms with Crippen LogP contribution in [0.15, 0.2) is 41.4 Å². The number of imidazole rings is 1. The number of fused-ring (bicyclic) bond motifs is 1. The van der Waals surface area contributed by atoms with Crippen LogP contribution >= 0.6 is 11.8 Å². The molecule has 0 aliphatic carbocycles. The molecule has 2 heterocycles. The predicted octanol–water partition coefficient (Wildman–Crippen LogP) is 3.45. The van der Waals surface area contributed by atoms with Gasteiger partial charge >= 0.3 is 0 Å². The van der Waals surface area contributed by atoms with E-state index in [1.54, 1.807) is 17.8 Å². The molecule has 4 nitrogen and oxygen atoms in total. The van der Waals surface area contributed by atoms with E-state index in [1.165, 1.54) is 11.1 Å². The fourth-order valence-electron chi connectivity index (χ4n) is 2.24. The lowest BCUT2D eigenvalue weighted by Crippen LogP contribution is -1.95. The number of benzene rings is 1. The van der Waals surface area contributed by atoms with E-state index in [2.05, 4.69) is 29.0 Å². The van der Waals surface area contributed by atoms with E-state index in [0.717, 1.165) is 22.8 Å². The lowest BCUT2D eigenvalue weighted by molar-refractivity contribution is 0.473. The number of thioether (sulfide) groups is 1. The number of rotatable bonds is 3. The Bertz CT molecular complexity index is 767. The van der Waals surface area contributed by atoms with E-state index in [0.29, 0.717) is 5.52 Å². The van der Waals surface area contributed by atoms with Crippen LogP contribution in [0, 0.1) is 0 Å². The zero-order valence-corrected chi connectivity index (χ0v) is 12.2. The molecule has 0 bridgehead atoms. The van der Waals surface area contributed by atoms with Crippen molar-refractivity contribution in [2.24, 2.45) is 7.05 Å². The van der Waals surface area contributed by atoms with Crippen molar-refractivity contribution in [2.45, 2.75) is 11.8 Å². The summed E-state index contributed by atoms with van der Waals surface area (Å²) in [6.07, 6.45) is 1.44. The van der Waals surface area contributed by atoms with E-state index in [-0.39, 0.29) is 5.75 Å². The first kappa shape index (κ1) is 13.0. The average molecular weight is 285 g/mol. The topological polar surface area (TPSA) is 50.9 Å². The average Bonchev–Trinajstić information content (AvgIpc) is 2.76. The maximum absolute atomic E-state index is 9.52. The Balaban J connectivity index is 2.22. The third-order valence-electron chi connectivity index (χ3n) is 3.12. The molecular formula is C15H15N3OS. The minimum Gasteiger partial charge on any atom is -0.506 e. The molecule has 0 saturated carbocycles. The smallest absolute Gasteiger partial charge is 0.160 e. The van der Waals surface area contributed by atoms with Gasteiger partial charge < -0.3 is 9.67 Å². The van der Waals surface area contributed by atoms with Gasteiger partial charge in [-0.05, 0) is 11.8 Å². The van der Waals surface area contributed by atoms with Crippen LogP contribution in [-0.4, -0.2) is 25.4 Å². The van der Waals surface area contributed by atoms with Gasteiger partial charge in [0.15, 0.2) is 5.65 Å². The maximum Gasteiger partial charge on any atom is 0.160 e. The van der Waals surface area contributed by atoms with Gasteiger partial charge in [-0.2, -0.15) is 0 Å². The summed E-state index contributed by atoms with van der Waals surface area (Å²) >= 11 is 1.80. The number of aromatic nitrogens is 3. The molecule has 0 radical (unpaired) electrons. The monoisotopic (exact) mass is 285 g/mol.